The van der Waals surface area contributed by atoms with Gasteiger partial charge in [0.1, 0.15) is 5.54 Å². The molecule has 2 aliphatic heterocycles. The van der Waals surface area contributed by atoms with Crippen LogP contribution in [0.15, 0.2) is 0 Å². The summed E-state index contributed by atoms with van der Waals surface area (Å²) in [7, 11) is 2.04. The summed E-state index contributed by atoms with van der Waals surface area (Å²) in [4.78, 5) is 24.8. The molecule has 0 aliphatic carbocycles. The van der Waals surface area contributed by atoms with E-state index in [0.29, 0.717) is 24.9 Å². The van der Waals surface area contributed by atoms with E-state index in [1.807, 2.05) is 7.05 Å². The number of carboxylic acids is 1. The van der Waals surface area contributed by atoms with Gasteiger partial charge in [-0.1, -0.05) is 0 Å². The van der Waals surface area contributed by atoms with E-state index >= 15 is 0 Å². The third-order valence-corrected chi connectivity index (χ3v) is 3.98. The van der Waals surface area contributed by atoms with Crippen molar-refractivity contribution in [1.82, 2.24) is 10.2 Å². The first-order valence-electron chi connectivity index (χ1n) is 5.69. The molecule has 5 nitrogen and oxygen atoms in total. The summed E-state index contributed by atoms with van der Waals surface area (Å²) in [6.07, 6.45) is 3.12. The normalized spacial score (nSPS) is 38.4. The largest absolute Gasteiger partial charge is 0.480 e. The molecular weight excluding hydrogens is 208 g/mol. The molecule has 0 aromatic heterocycles. The highest BCUT2D eigenvalue weighted by Gasteiger charge is 2.51. The zero-order valence-corrected chi connectivity index (χ0v) is 9.69. The van der Waals surface area contributed by atoms with Gasteiger partial charge in [-0.15, -0.1) is 0 Å². The van der Waals surface area contributed by atoms with Crippen molar-refractivity contribution < 1.29 is 14.7 Å². The Morgan fingerprint density at radius 2 is 1.81 bits per heavy atom. The molecule has 0 saturated carbocycles. The van der Waals surface area contributed by atoms with Crippen molar-refractivity contribution in [1.29, 1.82) is 0 Å². The number of carbonyl (C=O) groups is 2. The van der Waals surface area contributed by atoms with Crippen LogP contribution in [0.3, 0.4) is 0 Å². The Balaban J connectivity index is 2.23. The maximum absolute atomic E-state index is 11.4. The van der Waals surface area contributed by atoms with Crippen LogP contribution in [0.2, 0.25) is 0 Å². The lowest BCUT2D eigenvalue weighted by Gasteiger charge is -2.42. The number of carbonyl (C=O) groups excluding carboxylic acids is 1. The van der Waals surface area contributed by atoms with Crippen molar-refractivity contribution in [2.45, 2.75) is 50.2 Å². The maximum atomic E-state index is 11.4. The number of aliphatic carboxylic acids is 1. The summed E-state index contributed by atoms with van der Waals surface area (Å²) < 4.78 is 0. The Labute approximate surface area is 94.8 Å². The van der Waals surface area contributed by atoms with Crippen molar-refractivity contribution >= 4 is 11.9 Å². The minimum Gasteiger partial charge on any atom is -0.480 e. The monoisotopic (exact) mass is 226 g/mol. The minimum atomic E-state index is -1.04. The standard InChI is InChI=1S/C11H18N2O3/c1-7(14)12-11(10(15)16)5-8-3-4-9(6-11)13(8)2/h8-9H,3-6H2,1-2H3,(H,12,14)(H,15,16). The predicted molar refractivity (Wildman–Crippen MR) is 58.0 cm³/mol. The van der Waals surface area contributed by atoms with Crippen molar-refractivity contribution in [3.8, 4) is 0 Å². The first-order chi connectivity index (χ1) is 7.44. The van der Waals surface area contributed by atoms with E-state index < -0.39 is 11.5 Å². The van der Waals surface area contributed by atoms with Gasteiger partial charge in [0.05, 0.1) is 0 Å². The van der Waals surface area contributed by atoms with Crippen LogP contribution in [0.25, 0.3) is 0 Å². The smallest absolute Gasteiger partial charge is 0.329 e. The highest BCUT2D eigenvalue weighted by Crippen LogP contribution is 2.39. The molecule has 2 bridgehead atoms. The molecular formula is C11H18N2O3. The molecule has 16 heavy (non-hydrogen) atoms. The molecule has 2 fully saturated rings. The Morgan fingerprint density at radius 1 is 1.31 bits per heavy atom. The van der Waals surface area contributed by atoms with E-state index in [0.717, 1.165) is 12.8 Å². The molecule has 0 aromatic rings. The lowest BCUT2D eigenvalue weighted by atomic mass is 9.83. The number of nitrogens with one attached hydrogen (secondary N) is 1. The molecule has 90 valence electrons. The van der Waals surface area contributed by atoms with Gasteiger partial charge in [0, 0.05) is 19.0 Å². The molecule has 2 unspecified atom stereocenters. The fourth-order valence-corrected chi connectivity index (χ4v) is 3.14. The van der Waals surface area contributed by atoms with Gasteiger partial charge in [0.15, 0.2) is 0 Å². The van der Waals surface area contributed by atoms with Crippen LogP contribution in [0.1, 0.15) is 32.6 Å². The van der Waals surface area contributed by atoms with Gasteiger partial charge in [-0.25, -0.2) is 4.79 Å². The summed E-state index contributed by atoms with van der Waals surface area (Å²) >= 11 is 0. The minimum absolute atomic E-state index is 0.258. The van der Waals surface area contributed by atoms with Crippen LogP contribution in [0.5, 0.6) is 0 Å². The SMILES string of the molecule is CC(=O)NC1(C(=O)O)CC2CCC(C1)N2C. The van der Waals surface area contributed by atoms with Crippen LogP contribution >= 0.6 is 0 Å². The molecule has 5 heteroatoms. The number of amides is 1. The number of carboxylic acid groups (broad SMARTS) is 1. The van der Waals surface area contributed by atoms with Gasteiger partial charge in [-0.3, -0.25) is 4.79 Å². The fourth-order valence-electron chi connectivity index (χ4n) is 3.14. The van der Waals surface area contributed by atoms with Crippen LogP contribution in [0, 0.1) is 0 Å². The zero-order valence-electron chi connectivity index (χ0n) is 9.69. The van der Waals surface area contributed by atoms with Gasteiger partial charge in [-0.05, 0) is 32.7 Å². The molecule has 2 atom stereocenters. The lowest BCUT2D eigenvalue weighted by Crippen LogP contribution is -2.62. The van der Waals surface area contributed by atoms with Crippen molar-refractivity contribution in [2.75, 3.05) is 7.05 Å². The third kappa shape index (κ3) is 1.69. The first kappa shape index (κ1) is 11.4. The highest BCUT2D eigenvalue weighted by atomic mass is 16.4. The molecule has 0 radical (unpaired) electrons. The molecule has 0 aromatic carbocycles. The molecule has 2 saturated heterocycles. The third-order valence-electron chi connectivity index (χ3n) is 3.98. The van der Waals surface area contributed by atoms with E-state index in [2.05, 4.69) is 10.2 Å². The van der Waals surface area contributed by atoms with E-state index in [4.69, 9.17) is 0 Å². The second kappa shape index (κ2) is 3.73. The Hall–Kier alpha value is -1.10. The van der Waals surface area contributed by atoms with Gasteiger partial charge in [0.2, 0.25) is 5.91 Å². The van der Waals surface area contributed by atoms with E-state index in [9.17, 15) is 14.7 Å². The van der Waals surface area contributed by atoms with Crippen LogP contribution < -0.4 is 5.32 Å². The van der Waals surface area contributed by atoms with E-state index in [1.165, 1.54) is 6.92 Å². The Bertz CT molecular complexity index is 315. The second-order valence-electron chi connectivity index (χ2n) is 5.03. The molecule has 0 spiro atoms. The van der Waals surface area contributed by atoms with Crippen LogP contribution in [-0.2, 0) is 9.59 Å². The molecule has 1 amide bonds. The predicted octanol–water partition coefficient (Wildman–Crippen LogP) is 0.203. The van der Waals surface area contributed by atoms with Gasteiger partial charge in [-0.2, -0.15) is 0 Å². The highest BCUT2D eigenvalue weighted by molar-refractivity contribution is 5.86. The van der Waals surface area contributed by atoms with Crippen LogP contribution in [0.4, 0.5) is 0 Å². The van der Waals surface area contributed by atoms with Crippen molar-refractivity contribution in [3.05, 3.63) is 0 Å². The first-order valence-corrected chi connectivity index (χ1v) is 5.69. The maximum Gasteiger partial charge on any atom is 0.329 e. The number of piperidine rings is 1. The number of hydrogen-bond acceptors (Lipinski definition) is 3. The van der Waals surface area contributed by atoms with Gasteiger partial charge in [0.25, 0.3) is 0 Å². The summed E-state index contributed by atoms with van der Waals surface area (Å²) in [6.45, 7) is 1.38. The number of hydrogen-bond donors (Lipinski definition) is 2. The van der Waals surface area contributed by atoms with Crippen molar-refractivity contribution in [2.24, 2.45) is 0 Å². The Morgan fingerprint density at radius 3 is 2.19 bits per heavy atom. The molecule has 2 rings (SSSR count). The van der Waals surface area contributed by atoms with Gasteiger partial charge >= 0.3 is 5.97 Å². The molecule has 2 aliphatic rings. The van der Waals surface area contributed by atoms with Crippen LogP contribution in [-0.4, -0.2) is 46.6 Å². The zero-order chi connectivity index (χ0) is 11.9. The summed E-state index contributed by atoms with van der Waals surface area (Å²) in [5, 5.41) is 12.0. The average Bonchev–Trinajstić information content (AvgIpc) is 2.43. The molecule has 2 heterocycles. The molecule has 2 N–H and O–H groups in total. The number of nitrogens with zero attached hydrogens (tertiary/aromatic N) is 1. The van der Waals surface area contributed by atoms with E-state index in [-0.39, 0.29) is 5.91 Å². The van der Waals surface area contributed by atoms with Gasteiger partial charge < -0.3 is 15.3 Å². The Kier molecular flexibility index (Phi) is 2.66. The fraction of sp³-hybridized carbons (Fsp3) is 0.818. The van der Waals surface area contributed by atoms with Crippen molar-refractivity contribution in [3.63, 3.8) is 0 Å². The number of fused-ring (bicyclic) bond motifs is 2. The quantitative estimate of drug-likeness (QED) is 0.706. The number of rotatable bonds is 2. The summed E-state index contributed by atoms with van der Waals surface area (Å²) in [5.41, 5.74) is -1.04. The summed E-state index contributed by atoms with van der Waals surface area (Å²) in [5.74, 6) is -1.15. The topological polar surface area (TPSA) is 69.6 Å². The lowest BCUT2D eigenvalue weighted by molar-refractivity contribution is -0.151. The van der Waals surface area contributed by atoms with E-state index in [1.54, 1.807) is 0 Å². The second-order valence-corrected chi connectivity index (χ2v) is 5.03. The average molecular weight is 226 g/mol. The summed E-state index contributed by atoms with van der Waals surface area (Å²) in [6, 6.07) is 0.586.